The van der Waals surface area contributed by atoms with Gasteiger partial charge in [0.05, 0.1) is 22.8 Å². The maximum atomic E-state index is 13.2. The zero-order chi connectivity index (χ0) is 14.5. The number of rotatable bonds is 3. The van der Waals surface area contributed by atoms with Crippen molar-refractivity contribution in [2.75, 3.05) is 5.88 Å². The van der Waals surface area contributed by atoms with E-state index in [4.69, 9.17) is 16.3 Å². The van der Waals surface area contributed by atoms with E-state index in [2.05, 4.69) is 16.9 Å². The molecule has 0 aliphatic rings. The molecule has 20 heavy (non-hydrogen) atoms. The van der Waals surface area contributed by atoms with Gasteiger partial charge in [-0.2, -0.15) is 5.10 Å². The molecule has 2 aromatic rings. The Balaban J connectivity index is 2.18. The number of nitrogens with zero attached hydrogens (tertiary/aromatic N) is 2. The van der Waals surface area contributed by atoms with E-state index in [1.54, 1.807) is 10.7 Å². The fraction of sp³-hybridized carbons (Fsp3) is 0.267. The first-order valence-electron chi connectivity index (χ1n) is 6.07. The molecule has 104 valence electrons. The second-order valence-electron chi connectivity index (χ2n) is 4.27. The molecule has 1 heterocycles. The molecule has 0 atom stereocenters. The topological polar surface area (TPSA) is 27.1 Å². The molecule has 0 bridgehead atoms. The van der Waals surface area contributed by atoms with E-state index >= 15 is 0 Å². The van der Waals surface area contributed by atoms with Crippen LogP contribution in [0.15, 0.2) is 24.3 Å². The Hall–Kier alpha value is -1.99. The van der Waals surface area contributed by atoms with Crippen molar-refractivity contribution in [1.82, 2.24) is 9.78 Å². The fourth-order valence-electron chi connectivity index (χ4n) is 1.81. The van der Waals surface area contributed by atoms with Crippen LogP contribution in [0.5, 0.6) is 5.75 Å². The Labute approximate surface area is 122 Å². The van der Waals surface area contributed by atoms with Gasteiger partial charge in [0.25, 0.3) is 0 Å². The highest BCUT2D eigenvalue weighted by atomic mass is 35.5. The quantitative estimate of drug-likeness (QED) is 0.642. The Kier molecular flexibility index (Phi) is 4.65. The van der Waals surface area contributed by atoms with Crippen molar-refractivity contribution in [3.05, 3.63) is 47.0 Å². The molecular weight excluding hydrogens is 279 g/mol. The van der Waals surface area contributed by atoms with Gasteiger partial charge in [-0.05, 0) is 31.2 Å². The van der Waals surface area contributed by atoms with Crippen LogP contribution in [0, 0.1) is 24.6 Å². The summed E-state index contributed by atoms with van der Waals surface area (Å²) in [6.07, 6.45) is 0. The third-order valence-corrected chi connectivity index (χ3v) is 2.84. The van der Waals surface area contributed by atoms with Crippen LogP contribution in [0.2, 0.25) is 0 Å². The van der Waals surface area contributed by atoms with Crippen LogP contribution in [0.25, 0.3) is 0 Å². The van der Waals surface area contributed by atoms with Gasteiger partial charge >= 0.3 is 0 Å². The van der Waals surface area contributed by atoms with Gasteiger partial charge in [0.2, 0.25) is 0 Å². The zero-order valence-corrected chi connectivity index (χ0v) is 12.0. The molecule has 0 unspecified atom stereocenters. The number of aryl methyl sites for hydroxylation is 2. The summed E-state index contributed by atoms with van der Waals surface area (Å²) in [6.45, 7) is 2.26. The SMILES string of the molecule is Cc1cc(COc2ccc(F)cc2C#CCCl)n(C)n1. The number of alkyl halides is 1. The highest BCUT2D eigenvalue weighted by Gasteiger charge is 2.06. The molecule has 1 aromatic heterocycles. The number of aromatic nitrogens is 2. The lowest BCUT2D eigenvalue weighted by atomic mass is 10.2. The van der Waals surface area contributed by atoms with Gasteiger partial charge in [0.15, 0.2) is 0 Å². The third-order valence-electron chi connectivity index (χ3n) is 2.71. The van der Waals surface area contributed by atoms with Crippen molar-refractivity contribution in [2.24, 2.45) is 7.05 Å². The summed E-state index contributed by atoms with van der Waals surface area (Å²) in [5.41, 5.74) is 2.35. The number of ether oxygens (including phenoxy) is 1. The molecule has 0 saturated carbocycles. The van der Waals surface area contributed by atoms with E-state index in [0.717, 1.165) is 11.4 Å². The summed E-state index contributed by atoms with van der Waals surface area (Å²) in [4.78, 5) is 0. The number of halogens is 2. The molecule has 0 saturated heterocycles. The molecule has 3 nitrogen and oxygen atoms in total. The van der Waals surface area contributed by atoms with Crippen LogP contribution >= 0.6 is 11.6 Å². The second kappa shape index (κ2) is 6.44. The predicted molar refractivity (Wildman–Crippen MR) is 76.3 cm³/mol. The summed E-state index contributed by atoms with van der Waals surface area (Å²) in [7, 11) is 1.85. The molecule has 0 aliphatic heterocycles. The van der Waals surface area contributed by atoms with Gasteiger partial charge in [-0.3, -0.25) is 4.68 Å². The Bertz CT molecular complexity index is 670. The highest BCUT2D eigenvalue weighted by molar-refractivity contribution is 6.19. The van der Waals surface area contributed by atoms with E-state index < -0.39 is 0 Å². The van der Waals surface area contributed by atoms with Crippen LogP contribution in [0.3, 0.4) is 0 Å². The normalized spacial score (nSPS) is 10.0. The van der Waals surface area contributed by atoms with Crippen LogP contribution in [-0.2, 0) is 13.7 Å². The van der Waals surface area contributed by atoms with Crippen LogP contribution in [-0.4, -0.2) is 15.7 Å². The summed E-state index contributed by atoms with van der Waals surface area (Å²) < 4.78 is 20.7. The fourth-order valence-corrected chi connectivity index (χ4v) is 1.87. The molecular formula is C15H14ClFN2O. The number of hydrogen-bond acceptors (Lipinski definition) is 2. The van der Waals surface area contributed by atoms with Gasteiger partial charge in [-0.15, -0.1) is 11.6 Å². The van der Waals surface area contributed by atoms with E-state index in [1.165, 1.54) is 12.1 Å². The molecule has 0 fully saturated rings. The van der Waals surface area contributed by atoms with Crippen molar-refractivity contribution in [3.63, 3.8) is 0 Å². The molecule has 0 radical (unpaired) electrons. The molecule has 0 N–H and O–H groups in total. The van der Waals surface area contributed by atoms with E-state index in [1.807, 2.05) is 20.0 Å². The van der Waals surface area contributed by atoms with Crippen LogP contribution in [0.4, 0.5) is 4.39 Å². The second-order valence-corrected chi connectivity index (χ2v) is 4.53. The lowest BCUT2D eigenvalue weighted by molar-refractivity contribution is 0.293. The standard InChI is InChI=1S/C15H14ClFN2O/c1-11-8-14(19(2)18-11)10-20-15-6-5-13(17)9-12(15)4-3-7-16/h5-6,8-9H,7,10H2,1-2H3. The summed E-state index contributed by atoms with van der Waals surface area (Å²) >= 11 is 5.52. The first-order valence-corrected chi connectivity index (χ1v) is 6.60. The van der Waals surface area contributed by atoms with Gasteiger partial charge in [0.1, 0.15) is 18.2 Å². The van der Waals surface area contributed by atoms with Gasteiger partial charge < -0.3 is 4.74 Å². The first kappa shape index (κ1) is 14.4. The van der Waals surface area contributed by atoms with E-state index in [9.17, 15) is 4.39 Å². The molecule has 5 heteroatoms. The predicted octanol–water partition coefficient (Wildman–Crippen LogP) is 3.04. The van der Waals surface area contributed by atoms with E-state index in [0.29, 0.717) is 17.9 Å². The minimum Gasteiger partial charge on any atom is -0.486 e. The number of hydrogen-bond donors (Lipinski definition) is 0. The average molecular weight is 293 g/mol. The summed E-state index contributed by atoms with van der Waals surface area (Å²) in [5, 5.41) is 4.24. The van der Waals surface area contributed by atoms with Crippen molar-refractivity contribution in [2.45, 2.75) is 13.5 Å². The van der Waals surface area contributed by atoms with E-state index in [-0.39, 0.29) is 11.7 Å². The Morgan fingerprint density at radius 1 is 1.40 bits per heavy atom. The summed E-state index contributed by atoms with van der Waals surface area (Å²) in [5.74, 6) is 5.86. The Morgan fingerprint density at radius 2 is 2.20 bits per heavy atom. The zero-order valence-electron chi connectivity index (χ0n) is 11.3. The number of benzene rings is 1. The van der Waals surface area contributed by atoms with Crippen LogP contribution < -0.4 is 4.74 Å². The molecule has 0 spiro atoms. The first-order chi connectivity index (χ1) is 9.60. The lowest BCUT2D eigenvalue weighted by Gasteiger charge is -2.08. The molecule has 1 aromatic carbocycles. The largest absolute Gasteiger partial charge is 0.486 e. The molecule has 0 aliphatic carbocycles. The Morgan fingerprint density at radius 3 is 2.85 bits per heavy atom. The summed E-state index contributed by atoms with van der Waals surface area (Å²) in [6, 6.07) is 6.18. The molecule has 2 rings (SSSR count). The van der Waals surface area contributed by atoms with Crippen LogP contribution in [0.1, 0.15) is 17.0 Å². The average Bonchev–Trinajstić information content (AvgIpc) is 2.73. The van der Waals surface area contributed by atoms with Crippen molar-refractivity contribution >= 4 is 11.6 Å². The maximum Gasteiger partial charge on any atom is 0.135 e. The monoisotopic (exact) mass is 292 g/mol. The third kappa shape index (κ3) is 3.52. The van der Waals surface area contributed by atoms with Crippen molar-refractivity contribution in [1.29, 1.82) is 0 Å². The van der Waals surface area contributed by atoms with Crippen molar-refractivity contribution < 1.29 is 9.13 Å². The highest BCUT2D eigenvalue weighted by Crippen LogP contribution is 2.20. The smallest absolute Gasteiger partial charge is 0.135 e. The van der Waals surface area contributed by atoms with Gasteiger partial charge in [0, 0.05) is 7.05 Å². The van der Waals surface area contributed by atoms with Gasteiger partial charge in [-0.1, -0.05) is 11.8 Å². The maximum absolute atomic E-state index is 13.2. The minimum atomic E-state index is -0.354. The lowest BCUT2D eigenvalue weighted by Crippen LogP contribution is -2.04. The van der Waals surface area contributed by atoms with Gasteiger partial charge in [-0.25, -0.2) is 4.39 Å². The molecule has 0 amide bonds. The van der Waals surface area contributed by atoms with Crippen molar-refractivity contribution in [3.8, 4) is 17.6 Å². The minimum absolute atomic E-state index is 0.191.